The van der Waals surface area contributed by atoms with Gasteiger partial charge in [-0.1, -0.05) is 97.1 Å². The van der Waals surface area contributed by atoms with Gasteiger partial charge in [0.2, 0.25) is 0 Å². The zero-order valence-corrected chi connectivity index (χ0v) is 20.9. The number of para-hydroxylation sites is 2. The van der Waals surface area contributed by atoms with Crippen molar-refractivity contribution in [3.05, 3.63) is 131 Å². The van der Waals surface area contributed by atoms with Crippen LogP contribution in [-0.4, -0.2) is 21.1 Å². The Bertz CT molecular complexity index is 1970. The second-order valence-corrected chi connectivity index (χ2v) is 10.1. The number of aromatic nitrogens is 2. The Morgan fingerprint density at radius 1 is 0.487 bits per heavy atom. The fraction of sp³-hybridized carbons (Fsp3) is 0.0588. The number of nitrogens with zero attached hydrogens (tertiary/aromatic N) is 2. The highest BCUT2D eigenvalue weighted by Gasteiger charge is 2.38. The average Bonchev–Trinajstić information content (AvgIpc) is 3.57. The Labute approximate surface area is 223 Å². The number of cyclic esters (lactones) is 2. The number of carbonyl (C=O) groups is 2. The van der Waals surface area contributed by atoms with E-state index in [0.717, 1.165) is 54.7 Å². The molecule has 0 N–H and O–H groups in total. The molecule has 5 aromatic carbocycles. The standard InChI is InChI=1S/C34H22N2O3/c37-33-29-27-23-15-7-9-17-25(23)35(19-21-11-3-1-4-12-21)31(27)32-28(30(29)34(38)39-33)24-16-8-10-18-26(24)36(32)20-22-13-5-2-6-14-22/h1-18H,19-20H2. The molecule has 5 heteroatoms. The van der Waals surface area contributed by atoms with E-state index in [-0.39, 0.29) is 0 Å². The lowest BCUT2D eigenvalue weighted by Crippen LogP contribution is -2.05. The number of hydrogen-bond acceptors (Lipinski definition) is 3. The van der Waals surface area contributed by atoms with Gasteiger partial charge < -0.3 is 13.9 Å². The molecule has 0 amide bonds. The molecular formula is C34H22N2O3. The summed E-state index contributed by atoms with van der Waals surface area (Å²) in [6.45, 7) is 1.24. The Morgan fingerprint density at radius 3 is 1.31 bits per heavy atom. The van der Waals surface area contributed by atoms with E-state index in [1.807, 2.05) is 72.8 Å². The molecule has 0 bridgehead atoms. The smallest absolute Gasteiger partial charge is 0.347 e. The summed E-state index contributed by atoms with van der Waals surface area (Å²) in [5.41, 5.74) is 6.93. The monoisotopic (exact) mass is 506 g/mol. The predicted octanol–water partition coefficient (Wildman–Crippen LogP) is 7.31. The molecule has 0 aliphatic carbocycles. The van der Waals surface area contributed by atoms with Crippen molar-refractivity contribution in [2.45, 2.75) is 13.1 Å². The highest BCUT2D eigenvalue weighted by molar-refractivity contribution is 6.37. The van der Waals surface area contributed by atoms with Gasteiger partial charge >= 0.3 is 11.9 Å². The Morgan fingerprint density at radius 2 is 0.872 bits per heavy atom. The molecule has 5 nitrogen and oxygen atoms in total. The third-order valence-electron chi connectivity index (χ3n) is 7.88. The first-order valence-corrected chi connectivity index (χ1v) is 13.0. The van der Waals surface area contributed by atoms with Crippen molar-refractivity contribution in [3.63, 3.8) is 0 Å². The molecule has 0 unspecified atom stereocenters. The lowest BCUT2D eigenvalue weighted by atomic mass is 9.96. The molecule has 3 heterocycles. The van der Waals surface area contributed by atoms with E-state index >= 15 is 0 Å². The summed E-state index contributed by atoms with van der Waals surface area (Å²) in [5, 5.41) is 3.42. The number of benzene rings is 5. The molecule has 0 saturated carbocycles. The van der Waals surface area contributed by atoms with E-state index in [0.29, 0.717) is 24.2 Å². The fourth-order valence-electron chi connectivity index (χ4n) is 6.31. The Hall–Kier alpha value is -5.16. The number of esters is 2. The van der Waals surface area contributed by atoms with E-state index < -0.39 is 11.9 Å². The predicted molar refractivity (Wildman–Crippen MR) is 153 cm³/mol. The van der Waals surface area contributed by atoms with Crippen molar-refractivity contribution in [3.8, 4) is 0 Å². The summed E-state index contributed by atoms with van der Waals surface area (Å²) in [6, 6.07) is 36.9. The molecule has 7 aromatic rings. The lowest BCUT2D eigenvalue weighted by Gasteiger charge is -2.13. The van der Waals surface area contributed by atoms with Crippen molar-refractivity contribution in [2.24, 2.45) is 0 Å². The van der Waals surface area contributed by atoms with Gasteiger partial charge in [-0.05, 0) is 23.3 Å². The first kappa shape index (κ1) is 21.9. The largest absolute Gasteiger partial charge is 0.386 e. The van der Waals surface area contributed by atoms with Gasteiger partial charge in [0.15, 0.2) is 0 Å². The maximum absolute atomic E-state index is 13.3. The molecule has 39 heavy (non-hydrogen) atoms. The van der Waals surface area contributed by atoms with Crippen LogP contribution in [0.1, 0.15) is 31.8 Å². The Balaban J connectivity index is 1.63. The van der Waals surface area contributed by atoms with Crippen molar-refractivity contribution in [1.82, 2.24) is 9.13 Å². The van der Waals surface area contributed by atoms with Crippen LogP contribution in [0.4, 0.5) is 0 Å². The topological polar surface area (TPSA) is 53.2 Å². The minimum absolute atomic E-state index is 0.369. The van der Waals surface area contributed by atoms with Crippen LogP contribution >= 0.6 is 0 Å². The van der Waals surface area contributed by atoms with Crippen LogP contribution in [-0.2, 0) is 17.8 Å². The van der Waals surface area contributed by atoms with Crippen LogP contribution in [0.5, 0.6) is 0 Å². The fourth-order valence-corrected chi connectivity index (χ4v) is 6.31. The lowest BCUT2D eigenvalue weighted by molar-refractivity contribution is 0.0445. The van der Waals surface area contributed by atoms with Crippen molar-refractivity contribution in [2.75, 3.05) is 0 Å². The Kier molecular flexibility index (Phi) is 4.58. The molecular weight excluding hydrogens is 484 g/mol. The van der Waals surface area contributed by atoms with Gasteiger partial charge in [0, 0.05) is 45.7 Å². The first-order chi connectivity index (χ1) is 19.2. The van der Waals surface area contributed by atoms with E-state index in [1.54, 1.807) is 0 Å². The number of ether oxygens (including phenoxy) is 1. The molecule has 0 spiro atoms. The van der Waals surface area contributed by atoms with Gasteiger partial charge in [-0.25, -0.2) is 9.59 Å². The quantitative estimate of drug-likeness (QED) is 0.186. The highest BCUT2D eigenvalue weighted by Crippen LogP contribution is 2.46. The number of fused-ring (bicyclic) bond motifs is 10. The van der Waals surface area contributed by atoms with Crippen LogP contribution in [0.3, 0.4) is 0 Å². The number of rotatable bonds is 4. The van der Waals surface area contributed by atoms with Gasteiger partial charge in [0.1, 0.15) is 0 Å². The average molecular weight is 507 g/mol. The molecule has 1 aliphatic heterocycles. The van der Waals surface area contributed by atoms with E-state index in [4.69, 9.17) is 4.74 Å². The molecule has 1 aliphatic rings. The van der Waals surface area contributed by atoms with Crippen molar-refractivity contribution >= 4 is 55.6 Å². The van der Waals surface area contributed by atoms with Gasteiger partial charge in [0.05, 0.1) is 22.2 Å². The van der Waals surface area contributed by atoms with Crippen LogP contribution in [0.25, 0.3) is 43.6 Å². The third-order valence-corrected chi connectivity index (χ3v) is 7.88. The summed E-state index contributed by atoms with van der Waals surface area (Å²) in [4.78, 5) is 26.6. The van der Waals surface area contributed by atoms with Crippen LogP contribution in [0, 0.1) is 0 Å². The van der Waals surface area contributed by atoms with Crippen molar-refractivity contribution in [1.29, 1.82) is 0 Å². The SMILES string of the molecule is O=C1OC(=O)c2c1c1c3ccccc3n(Cc3ccccc3)c1c1c2c2ccccc2n1Cc1ccccc1. The summed E-state index contributed by atoms with van der Waals surface area (Å²) >= 11 is 0. The third kappa shape index (κ3) is 3.07. The van der Waals surface area contributed by atoms with Gasteiger partial charge in [0.25, 0.3) is 0 Å². The second kappa shape index (κ2) is 8.17. The minimum atomic E-state index is -0.579. The van der Waals surface area contributed by atoms with Gasteiger partial charge in [-0.2, -0.15) is 0 Å². The summed E-state index contributed by atoms with van der Waals surface area (Å²) < 4.78 is 9.89. The van der Waals surface area contributed by atoms with Gasteiger partial charge in [-0.15, -0.1) is 0 Å². The van der Waals surface area contributed by atoms with Crippen LogP contribution in [0.2, 0.25) is 0 Å². The van der Waals surface area contributed by atoms with Crippen molar-refractivity contribution < 1.29 is 14.3 Å². The highest BCUT2D eigenvalue weighted by atomic mass is 16.6. The summed E-state index contributed by atoms with van der Waals surface area (Å²) in [5.74, 6) is -1.16. The zero-order valence-electron chi connectivity index (χ0n) is 20.9. The molecule has 0 saturated heterocycles. The second-order valence-electron chi connectivity index (χ2n) is 10.1. The normalized spacial score (nSPS) is 13.1. The zero-order chi connectivity index (χ0) is 26.1. The van der Waals surface area contributed by atoms with Crippen LogP contribution in [0.15, 0.2) is 109 Å². The molecule has 0 atom stereocenters. The summed E-state index contributed by atoms with van der Waals surface area (Å²) in [6.07, 6.45) is 0. The van der Waals surface area contributed by atoms with Gasteiger partial charge in [-0.3, -0.25) is 0 Å². The summed E-state index contributed by atoms with van der Waals surface area (Å²) in [7, 11) is 0. The van der Waals surface area contributed by atoms with Crippen LogP contribution < -0.4 is 0 Å². The maximum atomic E-state index is 13.3. The molecule has 0 radical (unpaired) electrons. The molecule has 0 fully saturated rings. The number of hydrogen-bond donors (Lipinski definition) is 0. The van der Waals surface area contributed by atoms with E-state index in [9.17, 15) is 9.59 Å². The van der Waals surface area contributed by atoms with E-state index in [2.05, 4.69) is 45.5 Å². The first-order valence-electron chi connectivity index (χ1n) is 13.0. The minimum Gasteiger partial charge on any atom is -0.386 e. The number of carbonyl (C=O) groups excluding carboxylic acids is 2. The molecule has 186 valence electrons. The maximum Gasteiger partial charge on any atom is 0.347 e. The molecule has 2 aromatic heterocycles. The van der Waals surface area contributed by atoms with E-state index in [1.165, 1.54) is 0 Å². The molecule has 8 rings (SSSR count).